The molecule has 3 N–H and O–H groups in total. The zero-order valence-corrected chi connectivity index (χ0v) is 9.16. The van der Waals surface area contributed by atoms with Crippen LogP contribution >= 0.6 is 0 Å². The molecule has 0 aromatic heterocycles. The second-order valence-corrected chi connectivity index (χ2v) is 3.81. The van der Waals surface area contributed by atoms with Crippen molar-refractivity contribution in [2.24, 2.45) is 5.73 Å². The van der Waals surface area contributed by atoms with Gasteiger partial charge >= 0.3 is 0 Å². The van der Waals surface area contributed by atoms with Gasteiger partial charge in [0.25, 0.3) is 5.91 Å². The minimum atomic E-state index is -0.404. The minimum Gasteiger partial charge on any atom is -0.387 e. The van der Waals surface area contributed by atoms with Gasteiger partial charge in [-0.25, -0.2) is 0 Å². The molecule has 82 valence electrons. The number of aryl methyl sites for hydroxylation is 1. The first-order valence-corrected chi connectivity index (χ1v) is 5.19. The average molecular weight is 214 g/mol. The van der Waals surface area contributed by atoms with Crippen molar-refractivity contribution in [3.8, 4) is 0 Å². The first kappa shape index (κ1) is 10.5. The van der Waals surface area contributed by atoms with Crippen LogP contribution in [0.4, 0.5) is 0 Å². The summed E-state index contributed by atoms with van der Waals surface area (Å²) in [7, 11) is 0. The number of dihydropyridines is 1. The molecule has 0 spiro atoms. The molecule has 1 aromatic carbocycles. The maximum Gasteiger partial charge on any atom is 0.250 e. The predicted octanol–water partition coefficient (Wildman–Crippen LogP) is 1.35. The quantitative estimate of drug-likeness (QED) is 0.780. The Balaban J connectivity index is 2.39. The van der Waals surface area contributed by atoms with Crippen molar-refractivity contribution in [3.63, 3.8) is 0 Å². The number of primary amides is 1. The fourth-order valence-electron chi connectivity index (χ4n) is 1.72. The summed E-state index contributed by atoms with van der Waals surface area (Å²) in [6.45, 7) is 2.76. The van der Waals surface area contributed by atoms with E-state index in [1.165, 1.54) is 5.56 Å². The molecule has 0 fully saturated rings. The highest BCUT2D eigenvalue weighted by Gasteiger charge is 2.15. The van der Waals surface area contributed by atoms with Gasteiger partial charge in [0.05, 0.1) is 5.57 Å². The Hall–Kier alpha value is -2.03. The molecule has 0 saturated carbocycles. The van der Waals surface area contributed by atoms with Crippen LogP contribution in [0, 0.1) is 6.92 Å². The Morgan fingerprint density at radius 2 is 2.00 bits per heavy atom. The van der Waals surface area contributed by atoms with Gasteiger partial charge < -0.3 is 11.1 Å². The van der Waals surface area contributed by atoms with E-state index in [1.54, 1.807) is 6.20 Å². The van der Waals surface area contributed by atoms with Gasteiger partial charge in [-0.2, -0.15) is 0 Å². The molecule has 0 saturated heterocycles. The van der Waals surface area contributed by atoms with E-state index < -0.39 is 5.91 Å². The fourth-order valence-corrected chi connectivity index (χ4v) is 1.72. The molecule has 0 bridgehead atoms. The Kier molecular flexibility index (Phi) is 2.77. The Morgan fingerprint density at radius 3 is 2.62 bits per heavy atom. The van der Waals surface area contributed by atoms with Gasteiger partial charge in [-0.05, 0) is 18.1 Å². The van der Waals surface area contributed by atoms with E-state index in [-0.39, 0.29) is 0 Å². The van der Waals surface area contributed by atoms with Crippen molar-refractivity contribution in [3.05, 3.63) is 53.2 Å². The number of benzene rings is 1. The van der Waals surface area contributed by atoms with Crippen LogP contribution in [0.15, 0.2) is 42.1 Å². The third-order valence-electron chi connectivity index (χ3n) is 2.59. The van der Waals surface area contributed by atoms with Gasteiger partial charge in [0.1, 0.15) is 0 Å². The van der Waals surface area contributed by atoms with Crippen molar-refractivity contribution < 1.29 is 4.79 Å². The fraction of sp³-hybridized carbons (Fsp3) is 0.154. The first-order valence-electron chi connectivity index (χ1n) is 5.19. The van der Waals surface area contributed by atoms with E-state index in [4.69, 9.17) is 5.73 Å². The van der Waals surface area contributed by atoms with E-state index in [0.29, 0.717) is 5.57 Å². The van der Waals surface area contributed by atoms with E-state index in [9.17, 15) is 4.79 Å². The minimum absolute atomic E-state index is 0.404. The first-order chi connectivity index (χ1) is 7.68. The SMILES string of the molecule is Cc1ccc(C2=CCNC=C2C(N)=O)cc1. The predicted molar refractivity (Wildman–Crippen MR) is 64.4 cm³/mol. The summed E-state index contributed by atoms with van der Waals surface area (Å²) in [5, 5.41) is 2.99. The van der Waals surface area contributed by atoms with Crippen LogP contribution in [0.2, 0.25) is 0 Å². The van der Waals surface area contributed by atoms with Gasteiger partial charge in [0.15, 0.2) is 0 Å². The topological polar surface area (TPSA) is 55.1 Å². The molecule has 2 rings (SSSR count). The van der Waals surface area contributed by atoms with Crippen molar-refractivity contribution in [1.29, 1.82) is 0 Å². The lowest BCUT2D eigenvalue weighted by atomic mass is 9.95. The number of amides is 1. The van der Waals surface area contributed by atoms with Crippen molar-refractivity contribution in [2.45, 2.75) is 6.92 Å². The number of hydrogen-bond acceptors (Lipinski definition) is 2. The number of nitrogens with one attached hydrogen (secondary N) is 1. The van der Waals surface area contributed by atoms with Crippen molar-refractivity contribution >= 4 is 11.5 Å². The van der Waals surface area contributed by atoms with Crippen LogP contribution in [0.25, 0.3) is 5.57 Å². The van der Waals surface area contributed by atoms with E-state index in [1.807, 2.05) is 37.3 Å². The lowest BCUT2D eigenvalue weighted by Crippen LogP contribution is -2.22. The van der Waals surface area contributed by atoms with Crippen LogP contribution in [0.1, 0.15) is 11.1 Å². The van der Waals surface area contributed by atoms with E-state index >= 15 is 0 Å². The molecule has 1 aliphatic heterocycles. The molecular formula is C13H14N2O. The van der Waals surface area contributed by atoms with Crippen LogP contribution < -0.4 is 11.1 Å². The number of rotatable bonds is 2. The maximum absolute atomic E-state index is 11.3. The lowest BCUT2D eigenvalue weighted by molar-refractivity contribution is -0.114. The van der Waals surface area contributed by atoms with Gasteiger partial charge in [0, 0.05) is 12.7 Å². The number of hydrogen-bond donors (Lipinski definition) is 2. The molecule has 3 heteroatoms. The normalized spacial score (nSPS) is 14.8. The Bertz CT molecular complexity index is 469. The third-order valence-corrected chi connectivity index (χ3v) is 2.59. The summed E-state index contributed by atoms with van der Waals surface area (Å²) in [5.41, 5.74) is 9.00. The van der Waals surface area contributed by atoms with Crippen LogP contribution in [0.3, 0.4) is 0 Å². The largest absolute Gasteiger partial charge is 0.387 e. The summed E-state index contributed by atoms with van der Waals surface area (Å²) in [5.74, 6) is -0.404. The molecular weight excluding hydrogens is 200 g/mol. The Labute approximate surface area is 94.7 Å². The molecule has 3 nitrogen and oxygen atoms in total. The molecule has 0 aliphatic carbocycles. The monoisotopic (exact) mass is 214 g/mol. The molecule has 0 atom stereocenters. The second kappa shape index (κ2) is 4.23. The number of carbonyl (C=O) groups is 1. The lowest BCUT2D eigenvalue weighted by Gasteiger charge is -2.15. The average Bonchev–Trinajstić information content (AvgIpc) is 2.30. The standard InChI is InChI=1S/C13H14N2O/c1-9-2-4-10(5-3-9)11-6-7-15-8-12(11)13(14)16/h2-6,8,15H,7H2,1H3,(H2,14,16). The number of nitrogens with two attached hydrogens (primary N) is 1. The van der Waals surface area contributed by atoms with Crippen molar-refractivity contribution in [2.75, 3.05) is 6.54 Å². The molecule has 1 aromatic rings. The van der Waals surface area contributed by atoms with Gasteiger partial charge in [0.2, 0.25) is 0 Å². The van der Waals surface area contributed by atoms with Gasteiger partial charge in [-0.15, -0.1) is 0 Å². The zero-order valence-electron chi connectivity index (χ0n) is 9.16. The van der Waals surface area contributed by atoms with Crippen LogP contribution in [0.5, 0.6) is 0 Å². The van der Waals surface area contributed by atoms with Gasteiger partial charge in [-0.3, -0.25) is 4.79 Å². The highest BCUT2D eigenvalue weighted by molar-refractivity contribution is 6.08. The molecule has 1 heterocycles. The summed E-state index contributed by atoms with van der Waals surface area (Å²) in [4.78, 5) is 11.3. The summed E-state index contributed by atoms with van der Waals surface area (Å²) < 4.78 is 0. The summed E-state index contributed by atoms with van der Waals surface area (Å²) in [6.07, 6.45) is 3.66. The van der Waals surface area contributed by atoms with Gasteiger partial charge in [-0.1, -0.05) is 35.9 Å². The Morgan fingerprint density at radius 1 is 1.31 bits per heavy atom. The molecule has 1 aliphatic rings. The summed E-state index contributed by atoms with van der Waals surface area (Å²) in [6, 6.07) is 8.06. The smallest absolute Gasteiger partial charge is 0.250 e. The second-order valence-electron chi connectivity index (χ2n) is 3.81. The molecule has 16 heavy (non-hydrogen) atoms. The van der Waals surface area contributed by atoms with Crippen LogP contribution in [-0.2, 0) is 4.79 Å². The highest BCUT2D eigenvalue weighted by Crippen LogP contribution is 2.24. The molecule has 1 amide bonds. The third kappa shape index (κ3) is 1.98. The van der Waals surface area contributed by atoms with E-state index in [0.717, 1.165) is 17.7 Å². The highest BCUT2D eigenvalue weighted by atomic mass is 16.1. The van der Waals surface area contributed by atoms with Crippen LogP contribution in [-0.4, -0.2) is 12.5 Å². The number of carbonyl (C=O) groups excluding carboxylic acids is 1. The van der Waals surface area contributed by atoms with E-state index in [2.05, 4.69) is 5.32 Å². The molecule has 0 radical (unpaired) electrons. The zero-order chi connectivity index (χ0) is 11.5. The van der Waals surface area contributed by atoms with Crippen molar-refractivity contribution in [1.82, 2.24) is 5.32 Å². The summed E-state index contributed by atoms with van der Waals surface area (Å²) >= 11 is 0. The molecule has 0 unspecified atom stereocenters. The maximum atomic E-state index is 11.3.